The Morgan fingerprint density at radius 2 is 2.00 bits per heavy atom. The third kappa shape index (κ3) is 4.59. The Labute approximate surface area is 147 Å². The van der Waals surface area contributed by atoms with Gasteiger partial charge in [0.2, 0.25) is 5.91 Å². The second kappa shape index (κ2) is 8.33. The average Bonchev–Trinajstić information content (AvgIpc) is 3.07. The van der Waals surface area contributed by atoms with Gasteiger partial charge < -0.3 is 14.5 Å². The number of rotatable bonds is 8. The Bertz CT molecular complexity index is 824. The van der Waals surface area contributed by atoms with E-state index in [2.05, 4.69) is 14.7 Å². The Balaban J connectivity index is 1.37. The zero-order valence-corrected chi connectivity index (χ0v) is 14.4. The molecule has 0 aliphatic heterocycles. The minimum atomic E-state index is 0.0868. The molecule has 1 aromatic carbocycles. The van der Waals surface area contributed by atoms with E-state index in [1.807, 2.05) is 54.9 Å². The van der Waals surface area contributed by atoms with Crippen molar-refractivity contribution >= 4 is 11.4 Å². The van der Waals surface area contributed by atoms with E-state index >= 15 is 0 Å². The van der Waals surface area contributed by atoms with E-state index in [0.717, 1.165) is 41.9 Å². The van der Waals surface area contributed by atoms with Crippen LogP contribution < -0.4 is 10.1 Å². The van der Waals surface area contributed by atoms with Gasteiger partial charge in [-0.15, -0.1) is 0 Å². The second-order valence-corrected chi connectivity index (χ2v) is 5.97. The van der Waals surface area contributed by atoms with Crippen LogP contribution in [0.2, 0.25) is 0 Å². The van der Waals surface area contributed by atoms with E-state index in [4.69, 9.17) is 4.74 Å². The van der Waals surface area contributed by atoms with E-state index in [-0.39, 0.29) is 5.91 Å². The van der Waals surface area contributed by atoms with E-state index < -0.39 is 0 Å². The van der Waals surface area contributed by atoms with Gasteiger partial charge in [-0.2, -0.15) is 0 Å². The number of fused-ring (bicyclic) bond motifs is 1. The molecule has 130 valence electrons. The lowest BCUT2D eigenvalue weighted by Crippen LogP contribution is -2.25. The van der Waals surface area contributed by atoms with Crippen LogP contribution in [0.4, 0.5) is 0 Å². The quantitative estimate of drug-likeness (QED) is 0.643. The standard InChI is InChI=1S/C20H23N3O2/c1-25-18-10-7-16(8-11-18)9-12-20(24)21-13-4-6-19-22-15-17-5-2-3-14-23(17)19/h2-3,5,7-8,10-11,14-15H,4,6,9,12-13H2,1H3,(H,21,24). The summed E-state index contributed by atoms with van der Waals surface area (Å²) in [6.07, 6.45) is 6.85. The molecule has 2 aromatic heterocycles. The van der Waals surface area contributed by atoms with Gasteiger partial charge in [-0.3, -0.25) is 4.79 Å². The molecular weight excluding hydrogens is 314 g/mol. The van der Waals surface area contributed by atoms with Crippen molar-refractivity contribution < 1.29 is 9.53 Å². The smallest absolute Gasteiger partial charge is 0.220 e. The number of hydrogen-bond acceptors (Lipinski definition) is 3. The second-order valence-electron chi connectivity index (χ2n) is 5.97. The topological polar surface area (TPSA) is 55.6 Å². The molecule has 3 rings (SSSR count). The van der Waals surface area contributed by atoms with Crippen LogP contribution in [0.1, 0.15) is 24.2 Å². The molecule has 0 aliphatic rings. The zero-order chi connectivity index (χ0) is 17.5. The maximum atomic E-state index is 12.0. The normalized spacial score (nSPS) is 10.8. The summed E-state index contributed by atoms with van der Waals surface area (Å²) in [5.41, 5.74) is 2.24. The minimum Gasteiger partial charge on any atom is -0.497 e. The molecule has 0 bridgehead atoms. The average molecular weight is 337 g/mol. The number of ether oxygens (including phenoxy) is 1. The van der Waals surface area contributed by atoms with Gasteiger partial charge in [0.15, 0.2) is 0 Å². The molecule has 0 atom stereocenters. The van der Waals surface area contributed by atoms with Crippen LogP contribution in [0.15, 0.2) is 54.9 Å². The van der Waals surface area contributed by atoms with Crippen LogP contribution in [0, 0.1) is 0 Å². The first-order chi connectivity index (χ1) is 12.3. The van der Waals surface area contributed by atoms with Gasteiger partial charge in [-0.1, -0.05) is 18.2 Å². The number of nitrogens with zero attached hydrogens (tertiary/aromatic N) is 2. The number of hydrogen-bond donors (Lipinski definition) is 1. The first kappa shape index (κ1) is 17.0. The Hall–Kier alpha value is -2.82. The molecular formula is C20H23N3O2. The highest BCUT2D eigenvalue weighted by molar-refractivity contribution is 5.76. The summed E-state index contributed by atoms with van der Waals surface area (Å²) in [4.78, 5) is 16.4. The van der Waals surface area contributed by atoms with Gasteiger partial charge in [-0.05, 0) is 42.7 Å². The third-order valence-corrected chi connectivity index (χ3v) is 4.21. The molecule has 5 heteroatoms. The van der Waals surface area contributed by atoms with Crippen LogP contribution in [0.5, 0.6) is 5.75 Å². The molecule has 0 spiro atoms. The molecule has 1 amide bonds. The summed E-state index contributed by atoms with van der Waals surface area (Å²) in [6.45, 7) is 0.670. The predicted molar refractivity (Wildman–Crippen MR) is 97.8 cm³/mol. The third-order valence-electron chi connectivity index (χ3n) is 4.21. The predicted octanol–water partition coefficient (Wildman–Crippen LogP) is 3.02. The van der Waals surface area contributed by atoms with Gasteiger partial charge in [0.25, 0.3) is 0 Å². The van der Waals surface area contributed by atoms with E-state index in [0.29, 0.717) is 13.0 Å². The number of benzene rings is 1. The summed E-state index contributed by atoms with van der Waals surface area (Å²) in [5.74, 6) is 1.95. The first-order valence-electron chi connectivity index (χ1n) is 8.57. The molecule has 0 unspecified atom stereocenters. The van der Waals surface area contributed by atoms with Gasteiger partial charge in [0.05, 0.1) is 18.8 Å². The first-order valence-corrected chi connectivity index (χ1v) is 8.57. The molecule has 0 saturated heterocycles. The van der Waals surface area contributed by atoms with Crippen molar-refractivity contribution in [2.24, 2.45) is 0 Å². The fourth-order valence-electron chi connectivity index (χ4n) is 2.80. The lowest BCUT2D eigenvalue weighted by molar-refractivity contribution is -0.121. The van der Waals surface area contributed by atoms with Crippen LogP contribution in [-0.2, 0) is 17.6 Å². The molecule has 1 N–H and O–H groups in total. The van der Waals surface area contributed by atoms with Crippen molar-refractivity contribution in [2.75, 3.05) is 13.7 Å². The largest absolute Gasteiger partial charge is 0.497 e. The van der Waals surface area contributed by atoms with Gasteiger partial charge >= 0.3 is 0 Å². The van der Waals surface area contributed by atoms with E-state index in [1.165, 1.54) is 0 Å². The fourth-order valence-corrected chi connectivity index (χ4v) is 2.80. The Kier molecular flexibility index (Phi) is 5.67. The highest BCUT2D eigenvalue weighted by Gasteiger charge is 2.05. The van der Waals surface area contributed by atoms with Crippen LogP contribution in [-0.4, -0.2) is 28.9 Å². The van der Waals surface area contributed by atoms with Crippen molar-refractivity contribution in [1.82, 2.24) is 14.7 Å². The van der Waals surface area contributed by atoms with Gasteiger partial charge in [0.1, 0.15) is 11.6 Å². The number of carbonyl (C=O) groups excluding carboxylic acids is 1. The van der Waals surface area contributed by atoms with E-state index in [9.17, 15) is 4.79 Å². The lowest BCUT2D eigenvalue weighted by atomic mass is 10.1. The lowest BCUT2D eigenvalue weighted by Gasteiger charge is -2.06. The molecule has 2 heterocycles. The number of aromatic nitrogens is 2. The van der Waals surface area contributed by atoms with Crippen molar-refractivity contribution in [3.8, 4) is 5.75 Å². The summed E-state index contributed by atoms with van der Waals surface area (Å²) >= 11 is 0. The Morgan fingerprint density at radius 3 is 2.80 bits per heavy atom. The molecule has 0 fully saturated rings. The van der Waals surface area contributed by atoms with Crippen molar-refractivity contribution in [3.05, 3.63) is 66.2 Å². The summed E-state index contributed by atoms with van der Waals surface area (Å²) in [5, 5.41) is 2.99. The monoisotopic (exact) mass is 337 g/mol. The zero-order valence-electron chi connectivity index (χ0n) is 14.4. The number of nitrogens with one attached hydrogen (secondary N) is 1. The molecule has 5 nitrogen and oxygen atoms in total. The fraction of sp³-hybridized carbons (Fsp3) is 0.300. The number of amides is 1. The number of methoxy groups -OCH3 is 1. The summed E-state index contributed by atoms with van der Waals surface area (Å²) < 4.78 is 7.22. The highest BCUT2D eigenvalue weighted by atomic mass is 16.5. The number of carbonyl (C=O) groups is 1. The summed E-state index contributed by atoms with van der Waals surface area (Å²) in [7, 11) is 1.65. The number of aryl methyl sites for hydroxylation is 2. The molecule has 0 saturated carbocycles. The minimum absolute atomic E-state index is 0.0868. The molecule has 0 aliphatic carbocycles. The molecule has 25 heavy (non-hydrogen) atoms. The Morgan fingerprint density at radius 1 is 1.16 bits per heavy atom. The van der Waals surface area contributed by atoms with Crippen molar-refractivity contribution in [1.29, 1.82) is 0 Å². The van der Waals surface area contributed by atoms with Gasteiger partial charge in [0, 0.05) is 25.6 Å². The van der Waals surface area contributed by atoms with Gasteiger partial charge in [-0.25, -0.2) is 4.98 Å². The number of imidazole rings is 1. The SMILES string of the molecule is COc1ccc(CCC(=O)NCCCc2ncc3ccccn23)cc1. The maximum Gasteiger partial charge on any atom is 0.220 e. The van der Waals surface area contributed by atoms with E-state index in [1.54, 1.807) is 7.11 Å². The maximum absolute atomic E-state index is 12.0. The number of pyridine rings is 1. The van der Waals surface area contributed by atoms with Crippen molar-refractivity contribution in [2.45, 2.75) is 25.7 Å². The van der Waals surface area contributed by atoms with Crippen LogP contribution in [0.25, 0.3) is 5.52 Å². The van der Waals surface area contributed by atoms with Crippen molar-refractivity contribution in [3.63, 3.8) is 0 Å². The summed E-state index contributed by atoms with van der Waals surface area (Å²) in [6, 6.07) is 13.9. The highest BCUT2D eigenvalue weighted by Crippen LogP contribution is 2.12. The molecule has 3 aromatic rings. The molecule has 0 radical (unpaired) electrons. The van der Waals surface area contributed by atoms with Crippen LogP contribution >= 0.6 is 0 Å². The van der Waals surface area contributed by atoms with Crippen LogP contribution in [0.3, 0.4) is 0 Å².